The SMILES string of the molecule is CCCCCCCC(CCCCC(CCCCC(=O)O)OC(C)=O)OCc1ccccc1. The van der Waals surface area contributed by atoms with Gasteiger partial charge in [-0.3, -0.25) is 9.59 Å². The zero-order valence-electron chi connectivity index (χ0n) is 20.2. The largest absolute Gasteiger partial charge is 0.481 e. The zero-order valence-corrected chi connectivity index (χ0v) is 20.2. The number of unbranched alkanes of at least 4 members (excludes halogenated alkanes) is 6. The van der Waals surface area contributed by atoms with Gasteiger partial charge in [0.2, 0.25) is 0 Å². The number of rotatable bonds is 20. The Labute approximate surface area is 194 Å². The maximum absolute atomic E-state index is 11.4. The number of aliphatic carboxylic acids is 1. The smallest absolute Gasteiger partial charge is 0.303 e. The van der Waals surface area contributed by atoms with Gasteiger partial charge >= 0.3 is 11.9 Å². The normalized spacial score (nSPS) is 12.9. The Balaban J connectivity index is 2.39. The summed E-state index contributed by atoms with van der Waals surface area (Å²) >= 11 is 0. The summed E-state index contributed by atoms with van der Waals surface area (Å²) in [5.41, 5.74) is 1.21. The minimum absolute atomic E-state index is 0.112. The molecule has 2 atom stereocenters. The number of esters is 1. The molecule has 32 heavy (non-hydrogen) atoms. The molecule has 182 valence electrons. The molecular weight excluding hydrogens is 404 g/mol. The van der Waals surface area contributed by atoms with Crippen LogP contribution in [0.15, 0.2) is 30.3 Å². The summed E-state index contributed by atoms with van der Waals surface area (Å²) in [6.45, 7) is 4.33. The van der Waals surface area contributed by atoms with Crippen molar-refractivity contribution in [3.63, 3.8) is 0 Å². The summed E-state index contributed by atoms with van der Waals surface area (Å²) in [7, 11) is 0. The van der Waals surface area contributed by atoms with Crippen molar-refractivity contribution in [3.8, 4) is 0 Å². The van der Waals surface area contributed by atoms with E-state index in [9.17, 15) is 9.59 Å². The van der Waals surface area contributed by atoms with Crippen molar-refractivity contribution in [2.24, 2.45) is 0 Å². The first-order valence-corrected chi connectivity index (χ1v) is 12.6. The van der Waals surface area contributed by atoms with E-state index in [0.29, 0.717) is 13.0 Å². The van der Waals surface area contributed by atoms with Crippen molar-refractivity contribution in [3.05, 3.63) is 35.9 Å². The third-order valence-electron chi connectivity index (χ3n) is 5.76. The molecular formula is C27H44O5. The van der Waals surface area contributed by atoms with Gasteiger partial charge in [0.05, 0.1) is 12.7 Å². The highest BCUT2D eigenvalue weighted by molar-refractivity contribution is 5.66. The summed E-state index contributed by atoms with van der Waals surface area (Å²) in [4.78, 5) is 22.1. The second-order valence-corrected chi connectivity index (χ2v) is 8.78. The molecule has 5 nitrogen and oxygen atoms in total. The van der Waals surface area contributed by atoms with Gasteiger partial charge in [-0.15, -0.1) is 0 Å². The molecule has 0 aliphatic carbocycles. The van der Waals surface area contributed by atoms with Gasteiger partial charge in [-0.05, 0) is 50.5 Å². The van der Waals surface area contributed by atoms with Gasteiger partial charge < -0.3 is 14.6 Å². The topological polar surface area (TPSA) is 72.8 Å². The van der Waals surface area contributed by atoms with Crippen LogP contribution in [0.1, 0.15) is 109 Å². The van der Waals surface area contributed by atoms with Gasteiger partial charge in [-0.25, -0.2) is 0 Å². The van der Waals surface area contributed by atoms with Crippen molar-refractivity contribution in [1.29, 1.82) is 0 Å². The fourth-order valence-corrected chi connectivity index (χ4v) is 3.96. The van der Waals surface area contributed by atoms with Gasteiger partial charge in [0.1, 0.15) is 6.10 Å². The van der Waals surface area contributed by atoms with Gasteiger partial charge in [0.15, 0.2) is 0 Å². The lowest BCUT2D eigenvalue weighted by atomic mass is 10.0. The van der Waals surface area contributed by atoms with Gasteiger partial charge in [0, 0.05) is 13.3 Å². The summed E-state index contributed by atoms with van der Waals surface area (Å²) in [5, 5.41) is 8.77. The van der Waals surface area contributed by atoms with Crippen LogP contribution in [0.4, 0.5) is 0 Å². The number of carbonyl (C=O) groups excluding carboxylic acids is 1. The van der Waals surface area contributed by atoms with E-state index in [-0.39, 0.29) is 24.6 Å². The number of carbonyl (C=O) groups is 2. The number of ether oxygens (including phenoxy) is 2. The van der Waals surface area contributed by atoms with E-state index in [4.69, 9.17) is 14.6 Å². The summed E-state index contributed by atoms with van der Waals surface area (Å²) in [6, 6.07) is 10.3. The molecule has 0 radical (unpaired) electrons. The number of hydrogen-bond donors (Lipinski definition) is 1. The van der Waals surface area contributed by atoms with Crippen molar-refractivity contribution < 1.29 is 24.2 Å². The van der Waals surface area contributed by atoms with Crippen LogP contribution in [-0.2, 0) is 25.7 Å². The molecule has 0 saturated heterocycles. The van der Waals surface area contributed by atoms with E-state index in [1.807, 2.05) is 18.2 Å². The molecule has 0 fully saturated rings. The van der Waals surface area contributed by atoms with Crippen LogP contribution in [0.25, 0.3) is 0 Å². The van der Waals surface area contributed by atoms with E-state index in [1.54, 1.807) is 0 Å². The monoisotopic (exact) mass is 448 g/mol. The first-order valence-electron chi connectivity index (χ1n) is 12.6. The van der Waals surface area contributed by atoms with Crippen LogP contribution in [0, 0.1) is 0 Å². The predicted octanol–water partition coefficient (Wildman–Crippen LogP) is 7.07. The van der Waals surface area contributed by atoms with Crippen molar-refractivity contribution in [2.45, 2.75) is 123 Å². The molecule has 0 aromatic heterocycles. The first-order chi connectivity index (χ1) is 15.5. The molecule has 5 heteroatoms. The first kappa shape index (κ1) is 28.2. The minimum Gasteiger partial charge on any atom is -0.481 e. The van der Waals surface area contributed by atoms with E-state index < -0.39 is 5.97 Å². The molecule has 0 aliphatic heterocycles. The molecule has 0 heterocycles. The Hall–Kier alpha value is -1.88. The fourth-order valence-electron chi connectivity index (χ4n) is 3.96. The molecule has 1 aromatic rings. The fraction of sp³-hybridized carbons (Fsp3) is 0.704. The van der Waals surface area contributed by atoms with E-state index in [0.717, 1.165) is 44.9 Å². The maximum atomic E-state index is 11.4. The molecule has 0 spiro atoms. The van der Waals surface area contributed by atoms with E-state index >= 15 is 0 Å². The van der Waals surface area contributed by atoms with Crippen LogP contribution < -0.4 is 0 Å². The Morgan fingerprint density at radius 3 is 1.97 bits per heavy atom. The van der Waals surface area contributed by atoms with Gasteiger partial charge in [-0.1, -0.05) is 75.8 Å². The summed E-state index contributed by atoms with van der Waals surface area (Å²) in [5.74, 6) is -1.03. The highest BCUT2D eigenvalue weighted by Crippen LogP contribution is 2.19. The van der Waals surface area contributed by atoms with Crippen molar-refractivity contribution >= 4 is 11.9 Å². The predicted molar refractivity (Wildman–Crippen MR) is 129 cm³/mol. The van der Waals surface area contributed by atoms with E-state index in [1.165, 1.54) is 44.6 Å². The summed E-state index contributed by atoms with van der Waals surface area (Å²) in [6.07, 6.45) is 13.8. The average Bonchev–Trinajstić information content (AvgIpc) is 2.77. The average molecular weight is 449 g/mol. The number of benzene rings is 1. The molecule has 0 saturated carbocycles. The third-order valence-corrected chi connectivity index (χ3v) is 5.76. The highest BCUT2D eigenvalue weighted by Gasteiger charge is 2.14. The van der Waals surface area contributed by atoms with Crippen LogP contribution in [-0.4, -0.2) is 29.3 Å². The van der Waals surface area contributed by atoms with Crippen LogP contribution in [0.2, 0.25) is 0 Å². The highest BCUT2D eigenvalue weighted by atomic mass is 16.5. The lowest BCUT2D eigenvalue weighted by Crippen LogP contribution is -2.17. The Bertz CT molecular complexity index is 601. The second kappa shape index (κ2) is 18.7. The van der Waals surface area contributed by atoms with Crippen molar-refractivity contribution in [1.82, 2.24) is 0 Å². The minimum atomic E-state index is -0.773. The Morgan fingerprint density at radius 1 is 0.812 bits per heavy atom. The molecule has 0 aliphatic rings. The third kappa shape index (κ3) is 15.9. The van der Waals surface area contributed by atoms with Gasteiger partial charge in [-0.2, -0.15) is 0 Å². The lowest BCUT2D eigenvalue weighted by Gasteiger charge is -2.20. The molecule has 0 amide bonds. The quantitative estimate of drug-likeness (QED) is 0.171. The maximum Gasteiger partial charge on any atom is 0.303 e. The van der Waals surface area contributed by atoms with Crippen LogP contribution >= 0.6 is 0 Å². The number of carboxylic acid groups (broad SMARTS) is 1. The second-order valence-electron chi connectivity index (χ2n) is 8.78. The number of hydrogen-bond acceptors (Lipinski definition) is 4. The number of carboxylic acids is 1. The Kier molecular flexibility index (Phi) is 16.4. The van der Waals surface area contributed by atoms with Crippen LogP contribution in [0.3, 0.4) is 0 Å². The molecule has 1 rings (SSSR count). The zero-order chi connectivity index (χ0) is 23.4. The van der Waals surface area contributed by atoms with Gasteiger partial charge in [0.25, 0.3) is 0 Å². The molecule has 1 N–H and O–H groups in total. The van der Waals surface area contributed by atoms with E-state index in [2.05, 4.69) is 19.1 Å². The van der Waals surface area contributed by atoms with Crippen LogP contribution in [0.5, 0.6) is 0 Å². The summed E-state index contributed by atoms with van der Waals surface area (Å²) < 4.78 is 11.7. The molecule has 1 aromatic carbocycles. The Morgan fingerprint density at radius 2 is 1.38 bits per heavy atom. The molecule has 0 bridgehead atoms. The lowest BCUT2D eigenvalue weighted by molar-refractivity contribution is -0.147. The molecule has 2 unspecified atom stereocenters. The standard InChI is InChI=1S/C27H44O5/c1-3-4-5-6-10-17-25(31-22-24-15-8-7-9-16-24)18-11-12-19-26(32-23(2)28)20-13-14-21-27(29)30/h7-9,15-16,25-26H,3-6,10-14,17-22H2,1-2H3,(H,29,30). The van der Waals surface area contributed by atoms with Crippen molar-refractivity contribution in [2.75, 3.05) is 0 Å².